The van der Waals surface area contributed by atoms with Gasteiger partial charge in [0.05, 0.1) is 0 Å². The van der Waals surface area contributed by atoms with Gasteiger partial charge < -0.3 is 5.73 Å². The van der Waals surface area contributed by atoms with Crippen LogP contribution in [0.3, 0.4) is 0 Å². The molecule has 2 atom stereocenters. The molecule has 94 valence electrons. The van der Waals surface area contributed by atoms with E-state index in [1.165, 1.54) is 36.9 Å². The van der Waals surface area contributed by atoms with E-state index in [1.807, 2.05) is 6.92 Å². The fourth-order valence-electron chi connectivity index (χ4n) is 2.55. The highest BCUT2D eigenvalue weighted by molar-refractivity contribution is 5.24. The average molecular weight is 232 g/mol. The topological polar surface area (TPSA) is 29.3 Å². The summed E-state index contributed by atoms with van der Waals surface area (Å²) in [7, 11) is 0. The SMILES string of the molecule is CC(N)c1ccc(CN2CCCCC2C)cc1. The number of piperidine rings is 1. The van der Waals surface area contributed by atoms with E-state index < -0.39 is 0 Å². The van der Waals surface area contributed by atoms with Gasteiger partial charge in [-0.25, -0.2) is 0 Å². The number of hydrogen-bond donors (Lipinski definition) is 1. The summed E-state index contributed by atoms with van der Waals surface area (Å²) >= 11 is 0. The second-order valence-electron chi connectivity index (χ2n) is 5.35. The fourth-order valence-corrected chi connectivity index (χ4v) is 2.55. The first kappa shape index (κ1) is 12.6. The standard InChI is InChI=1S/C15H24N2/c1-12-5-3-4-10-17(12)11-14-6-8-15(9-7-14)13(2)16/h6-9,12-13H,3-5,10-11,16H2,1-2H3. The smallest absolute Gasteiger partial charge is 0.0266 e. The average Bonchev–Trinajstić information content (AvgIpc) is 2.33. The van der Waals surface area contributed by atoms with Gasteiger partial charge in [0.25, 0.3) is 0 Å². The van der Waals surface area contributed by atoms with Crippen molar-refractivity contribution in [3.05, 3.63) is 35.4 Å². The Labute approximate surface area is 105 Å². The summed E-state index contributed by atoms with van der Waals surface area (Å²) < 4.78 is 0. The normalized spacial score (nSPS) is 23.6. The number of benzene rings is 1. The van der Waals surface area contributed by atoms with Crippen molar-refractivity contribution >= 4 is 0 Å². The van der Waals surface area contributed by atoms with Gasteiger partial charge >= 0.3 is 0 Å². The fraction of sp³-hybridized carbons (Fsp3) is 0.600. The molecule has 0 aromatic heterocycles. The highest BCUT2D eigenvalue weighted by Gasteiger charge is 2.17. The molecule has 1 heterocycles. The first-order valence-corrected chi connectivity index (χ1v) is 6.75. The van der Waals surface area contributed by atoms with Gasteiger partial charge in [0, 0.05) is 18.6 Å². The Hall–Kier alpha value is -0.860. The molecule has 17 heavy (non-hydrogen) atoms. The number of nitrogens with zero attached hydrogens (tertiary/aromatic N) is 1. The third-order valence-electron chi connectivity index (χ3n) is 3.83. The van der Waals surface area contributed by atoms with Gasteiger partial charge in [-0.15, -0.1) is 0 Å². The van der Waals surface area contributed by atoms with Gasteiger partial charge in [-0.1, -0.05) is 30.7 Å². The number of hydrogen-bond acceptors (Lipinski definition) is 2. The third-order valence-corrected chi connectivity index (χ3v) is 3.83. The Balaban J connectivity index is 1.98. The first-order valence-electron chi connectivity index (χ1n) is 6.75. The van der Waals surface area contributed by atoms with Crippen LogP contribution in [0.25, 0.3) is 0 Å². The zero-order valence-electron chi connectivity index (χ0n) is 11.0. The molecule has 0 spiro atoms. The van der Waals surface area contributed by atoms with E-state index in [0.717, 1.165) is 12.6 Å². The van der Waals surface area contributed by atoms with Crippen molar-refractivity contribution in [1.82, 2.24) is 4.90 Å². The van der Waals surface area contributed by atoms with Crippen LogP contribution >= 0.6 is 0 Å². The summed E-state index contributed by atoms with van der Waals surface area (Å²) in [6, 6.07) is 9.64. The van der Waals surface area contributed by atoms with Gasteiger partial charge in [0.1, 0.15) is 0 Å². The Morgan fingerprint density at radius 2 is 2.00 bits per heavy atom. The highest BCUT2D eigenvalue weighted by Crippen LogP contribution is 2.19. The van der Waals surface area contributed by atoms with Crippen LogP contribution in [0.15, 0.2) is 24.3 Å². The highest BCUT2D eigenvalue weighted by atomic mass is 15.2. The molecule has 1 aliphatic rings. The lowest BCUT2D eigenvalue weighted by Gasteiger charge is -2.33. The summed E-state index contributed by atoms with van der Waals surface area (Å²) in [5.74, 6) is 0. The van der Waals surface area contributed by atoms with Crippen molar-refractivity contribution in [2.24, 2.45) is 5.73 Å². The Morgan fingerprint density at radius 3 is 2.59 bits per heavy atom. The zero-order chi connectivity index (χ0) is 12.3. The van der Waals surface area contributed by atoms with Crippen molar-refractivity contribution in [1.29, 1.82) is 0 Å². The minimum atomic E-state index is 0.137. The van der Waals surface area contributed by atoms with Crippen LogP contribution in [0.5, 0.6) is 0 Å². The molecule has 2 unspecified atom stereocenters. The van der Waals surface area contributed by atoms with Crippen molar-refractivity contribution < 1.29 is 0 Å². The molecule has 1 saturated heterocycles. The molecule has 2 N–H and O–H groups in total. The van der Waals surface area contributed by atoms with Gasteiger partial charge in [0.2, 0.25) is 0 Å². The van der Waals surface area contributed by atoms with E-state index >= 15 is 0 Å². The van der Waals surface area contributed by atoms with E-state index in [0.29, 0.717) is 0 Å². The molecule has 1 aliphatic heterocycles. The predicted octanol–water partition coefficient (Wildman–Crippen LogP) is 3.08. The van der Waals surface area contributed by atoms with Crippen LogP contribution in [0.1, 0.15) is 50.3 Å². The second-order valence-corrected chi connectivity index (χ2v) is 5.35. The molecular formula is C15H24N2. The molecule has 1 fully saturated rings. The second kappa shape index (κ2) is 5.65. The molecule has 1 aromatic carbocycles. The zero-order valence-corrected chi connectivity index (χ0v) is 11.0. The predicted molar refractivity (Wildman–Crippen MR) is 72.8 cm³/mol. The minimum Gasteiger partial charge on any atom is -0.324 e. The van der Waals surface area contributed by atoms with Crippen molar-refractivity contribution in [3.8, 4) is 0 Å². The summed E-state index contributed by atoms with van der Waals surface area (Å²) in [5.41, 5.74) is 8.49. The molecule has 0 radical (unpaired) electrons. The van der Waals surface area contributed by atoms with Crippen LogP contribution < -0.4 is 5.73 Å². The minimum absolute atomic E-state index is 0.137. The summed E-state index contributed by atoms with van der Waals surface area (Å²) in [5, 5.41) is 0. The van der Waals surface area contributed by atoms with Gasteiger partial charge in [0.15, 0.2) is 0 Å². The Morgan fingerprint density at radius 1 is 1.29 bits per heavy atom. The van der Waals surface area contributed by atoms with Gasteiger partial charge in [-0.3, -0.25) is 4.90 Å². The lowest BCUT2D eigenvalue weighted by atomic mass is 10.0. The third kappa shape index (κ3) is 3.30. The van der Waals surface area contributed by atoms with Crippen LogP contribution in [-0.4, -0.2) is 17.5 Å². The maximum Gasteiger partial charge on any atom is 0.0266 e. The molecule has 2 nitrogen and oxygen atoms in total. The Bertz CT molecular complexity index is 342. The van der Waals surface area contributed by atoms with Crippen LogP contribution in [0.4, 0.5) is 0 Å². The number of nitrogens with two attached hydrogens (primary N) is 1. The maximum atomic E-state index is 5.86. The van der Waals surface area contributed by atoms with E-state index in [2.05, 4.69) is 36.1 Å². The molecule has 2 rings (SSSR count). The lowest BCUT2D eigenvalue weighted by molar-refractivity contribution is 0.152. The van der Waals surface area contributed by atoms with Crippen LogP contribution in [0.2, 0.25) is 0 Å². The molecule has 0 bridgehead atoms. The molecule has 0 aliphatic carbocycles. The summed E-state index contributed by atoms with van der Waals surface area (Å²) in [6.07, 6.45) is 4.08. The molecule has 1 aromatic rings. The molecule has 0 amide bonds. The summed E-state index contributed by atoms with van der Waals surface area (Å²) in [4.78, 5) is 2.59. The van der Waals surface area contributed by atoms with E-state index in [-0.39, 0.29) is 6.04 Å². The van der Waals surface area contributed by atoms with Gasteiger partial charge in [-0.05, 0) is 44.4 Å². The van der Waals surface area contributed by atoms with Gasteiger partial charge in [-0.2, -0.15) is 0 Å². The van der Waals surface area contributed by atoms with E-state index in [9.17, 15) is 0 Å². The van der Waals surface area contributed by atoms with Crippen molar-refractivity contribution in [2.75, 3.05) is 6.54 Å². The largest absolute Gasteiger partial charge is 0.324 e. The van der Waals surface area contributed by atoms with Crippen LogP contribution in [-0.2, 0) is 6.54 Å². The van der Waals surface area contributed by atoms with Crippen molar-refractivity contribution in [3.63, 3.8) is 0 Å². The monoisotopic (exact) mass is 232 g/mol. The molecule has 2 heteroatoms. The first-order chi connectivity index (χ1) is 8.16. The van der Waals surface area contributed by atoms with E-state index in [4.69, 9.17) is 5.73 Å². The number of rotatable bonds is 3. The van der Waals surface area contributed by atoms with Crippen molar-refractivity contribution in [2.45, 2.75) is 51.7 Å². The quantitative estimate of drug-likeness (QED) is 0.867. The maximum absolute atomic E-state index is 5.86. The molecular weight excluding hydrogens is 208 g/mol. The Kier molecular flexibility index (Phi) is 4.19. The summed E-state index contributed by atoms with van der Waals surface area (Å²) in [6.45, 7) is 6.70. The number of likely N-dealkylation sites (tertiary alicyclic amines) is 1. The lowest BCUT2D eigenvalue weighted by Crippen LogP contribution is -2.36. The van der Waals surface area contributed by atoms with E-state index in [1.54, 1.807) is 0 Å². The molecule has 0 saturated carbocycles. The van der Waals surface area contributed by atoms with Crippen LogP contribution in [0, 0.1) is 0 Å².